The van der Waals surface area contributed by atoms with Crippen molar-refractivity contribution in [2.75, 3.05) is 6.61 Å². The molecule has 0 radical (unpaired) electrons. The minimum atomic E-state index is -0.879. The Labute approximate surface area is 148 Å². The zero-order chi connectivity index (χ0) is 18.8. The van der Waals surface area contributed by atoms with Crippen LogP contribution in [0.2, 0.25) is 0 Å². The second-order valence-electron chi connectivity index (χ2n) is 5.90. The van der Waals surface area contributed by atoms with E-state index >= 15 is 0 Å². The van der Waals surface area contributed by atoms with Crippen molar-refractivity contribution in [3.8, 4) is 0 Å². The number of hydrogen-bond donors (Lipinski definition) is 0. The first kappa shape index (κ1) is 17.8. The summed E-state index contributed by atoms with van der Waals surface area (Å²) in [5.41, 5.74) is 0.435. The quantitative estimate of drug-likeness (QED) is 0.667. The third-order valence-electron chi connectivity index (χ3n) is 4.22. The van der Waals surface area contributed by atoms with Gasteiger partial charge in [-0.2, -0.15) is 0 Å². The maximum Gasteiger partial charge on any atom is 0.343 e. The predicted molar refractivity (Wildman–Crippen MR) is 94.4 cm³/mol. The van der Waals surface area contributed by atoms with Crippen LogP contribution in [0, 0.1) is 18.6 Å². The van der Waals surface area contributed by atoms with Crippen molar-refractivity contribution in [1.82, 2.24) is 4.57 Å². The largest absolute Gasteiger partial charge is 0.462 e. The van der Waals surface area contributed by atoms with Crippen LogP contribution < -0.4 is 5.43 Å². The fraction of sp³-hybridized carbons (Fsp3) is 0.200. The Hall–Kier alpha value is -3.02. The van der Waals surface area contributed by atoms with Gasteiger partial charge in [-0.25, -0.2) is 13.6 Å². The van der Waals surface area contributed by atoms with Crippen LogP contribution in [0.25, 0.3) is 10.9 Å². The van der Waals surface area contributed by atoms with E-state index in [4.69, 9.17) is 4.74 Å². The summed E-state index contributed by atoms with van der Waals surface area (Å²) < 4.78 is 35.0. The maximum atomic E-state index is 14.4. The number of hydrogen-bond acceptors (Lipinski definition) is 3. The van der Waals surface area contributed by atoms with Gasteiger partial charge in [0.25, 0.3) is 0 Å². The van der Waals surface area contributed by atoms with Crippen molar-refractivity contribution >= 4 is 16.9 Å². The Balaban J connectivity index is 2.31. The summed E-state index contributed by atoms with van der Waals surface area (Å²) in [6.07, 6.45) is 1.23. The number of nitrogens with zero attached hydrogens (tertiary/aromatic N) is 1. The van der Waals surface area contributed by atoms with E-state index in [2.05, 4.69) is 0 Å². The first-order chi connectivity index (χ1) is 12.4. The summed E-state index contributed by atoms with van der Waals surface area (Å²) >= 11 is 0. The molecule has 0 aliphatic heterocycles. The fourth-order valence-electron chi connectivity index (χ4n) is 2.90. The lowest BCUT2D eigenvalue weighted by Crippen LogP contribution is -2.22. The molecule has 0 amide bonds. The number of aryl methyl sites for hydroxylation is 1. The van der Waals surface area contributed by atoms with Crippen LogP contribution >= 0.6 is 0 Å². The van der Waals surface area contributed by atoms with Crippen LogP contribution in [-0.2, 0) is 11.3 Å². The summed E-state index contributed by atoms with van der Waals surface area (Å²) in [5, 5.41) is -0.455. The molecular formula is C20H17F2NO3. The van der Waals surface area contributed by atoms with Crippen molar-refractivity contribution in [3.63, 3.8) is 0 Å². The van der Waals surface area contributed by atoms with Gasteiger partial charge in [0.2, 0.25) is 5.43 Å². The van der Waals surface area contributed by atoms with Gasteiger partial charge in [0, 0.05) is 12.7 Å². The summed E-state index contributed by atoms with van der Waals surface area (Å²) in [7, 11) is 0. The van der Waals surface area contributed by atoms with Crippen molar-refractivity contribution < 1.29 is 18.3 Å². The van der Waals surface area contributed by atoms with Crippen LogP contribution in [0.3, 0.4) is 0 Å². The molecule has 2 aromatic carbocycles. The van der Waals surface area contributed by atoms with Crippen molar-refractivity contribution in [2.45, 2.75) is 20.4 Å². The molecule has 0 saturated heterocycles. The van der Waals surface area contributed by atoms with Gasteiger partial charge in [-0.15, -0.1) is 0 Å². The zero-order valence-corrected chi connectivity index (χ0v) is 14.4. The number of fused-ring (bicyclic) bond motifs is 1. The zero-order valence-electron chi connectivity index (χ0n) is 14.4. The van der Waals surface area contributed by atoms with E-state index < -0.39 is 28.4 Å². The van der Waals surface area contributed by atoms with Crippen molar-refractivity contribution in [1.29, 1.82) is 0 Å². The average molecular weight is 357 g/mol. The number of ether oxygens (including phenoxy) is 1. The molecule has 3 aromatic rings. The summed E-state index contributed by atoms with van der Waals surface area (Å²) in [4.78, 5) is 24.7. The average Bonchev–Trinajstić information content (AvgIpc) is 2.61. The highest BCUT2D eigenvalue weighted by Gasteiger charge is 2.21. The van der Waals surface area contributed by atoms with Crippen LogP contribution in [0.4, 0.5) is 8.78 Å². The van der Waals surface area contributed by atoms with E-state index in [0.29, 0.717) is 0 Å². The Morgan fingerprint density at radius 1 is 1.12 bits per heavy atom. The van der Waals surface area contributed by atoms with Gasteiger partial charge in [-0.3, -0.25) is 4.79 Å². The minimum absolute atomic E-state index is 0.0692. The highest BCUT2D eigenvalue weighted by atomic mass is 19.1. The molecule has 0 atom stereocenters. The van der Waals surface area contributed by atoms with E-state index in [1.54, 1.807) is 6.92 Å². The van der Waals surface area contributed by atoms with E-state index in [0.717, 1.165) is 23.3 Å². The second-order valence-corrected chi connectivity index (χ2v) is 5.90. The molecular weight excluding hydrogens is 340 g/mol. The van der Waals surface area contributed by atoms with Crippen LogP contribution in [-0.4, -0.2) is 17.1 Å². The monoisotopic (exact) mass is 357 g/mol. The first-order valence-corrected chi connectivity index (χ1v) is 8.16. The Morgan fingerprint density at radius 2 is 1.81 bits per heavy atom. The van der Waals surface area contributed by atoms with Crippen LogP contribution in [0.5, 0.6) is 0 Å². The van der Waals surface area contributed by atoms with E-state index in [1.807, 2.05) is 31.2 Å². The molecule has 0 aliphatic carbocycles. The molecule has 0 bridgehead atoms. The molecule has 0 saturated carbocycles. The first-order valence-electron chi connectivity index (χ1n) is 8.16. The van der Waals surface area contributed by atoms with Gasteiger partial charge in [-0.05, 0) is 37.1 Å². The number of carbonyl (C=O) groups excluding carboxylic acids is 1. The van der Waals surface area contributed by atoms with Gasteiger partial charge >= 0.3 is 5.97 Å². The van der Waals surface area contributed by atoms with Gasteiger partial charge < -0.3 is 9.30 Å². The Bertz CT molecular complexity index is 1060. The van der Waals surface area contributed by atoms with E-state index in [9.17, 15) is 18.4 Å². The molecule has 0 fully saturated rings. The minimum Gasteiger partial charge on any atom is -0.462 e. The van der Waals surface area contributed by atoms with Crippen molar-refractivity contribution in [2.24, 2.45) is 0 Å². The molecule has 1 heterocycles. The van der Waals surface area contributed by atoms with Crippen LogP contribution in [0.1, 0.15) is 28.4 Å². The number of esters is 1. The fourth-order valence-corrected chi connectivity index (χ4v) is 2.90. The number of pyridine rings is 1. The highest BCUT2D eigenvalue weighted by molar-refractivity contribution is 5.94. The lowest BCUT2D eigenvalue weighted by atomic mass is 10.1. The van der Waals surface area contributed by atoms with Crippen LogP contribution in [0.15, 0.2) is 47.4 Å². The maximum absolute atomic E-state index is 14.4. The van der Waals surface area contributed by atoms with E-state index in [1.165, 1.54) is 10.8 Å². The second kappa shape index (κ2) is 7.07. The van der Waals surface area contributed by atoms with Gasteiger partial charge in [0.05, 0.1) is 17.5 Å². The predicted octanol–water partition coefficient (Wildman–Crippen LogP) is 3.81. The molecule has 26 heavy (non-hydrogen) atoms. The third-order valence-corrected chi connectivity index (χ3v) is 4.22. The molecule has 0 unspecified atom stereocenters. The molecule has 0 spiro atoms. The molecule has 1 aromatic heterocycles. The summed E-state index contributed by atoms with van der Waals surface area (Å²) in [6, 6.07) is 9.29. The Morgan fingerprint density at radius 3 is 2.50 bits per heavy atom. The lowest BCUT2D eigenvalue weighted by Gasteiger charge is -2.15. The topological polar surface area (TPSA) is 48.3 Å². The Kier molecular flexibility index (Phi) is 4.84. The molecule has 3 rings (SSSR count). The van der Waals surface area contributed by atoms with E-state index in [-0.39, 0.29) is 24.2 Å². The molecule has 134 valence electrons. The summed E-state index contributed by atoms with van der Waals surface area (Å²) in [5.74, 6) is -2.47. The SMILES string of the molecule is CCOC(=O)c1cn(Cc2ccccc2C)c2c(F)ccc(F)c2c1=O. The van der Waals surface area contributed by atoms with Gasteiger partial charge in [0.1, 0.15) is 17.2 Å². The number of benzene rings is 2. The molecule has 0 N–H and O–H groups in total. The number of aromatic nitrogens is 1. The number of rotatable bonds is 4. The standard InChI is InChI=1S/C20H17F2NO3/c1-3-26-20(25)14-11-23(10-13-7-5-4-6-12(13)2)18-16(22)9-8-15(21)17(18)19(14)24/h4-9,11H,3,10H2,1-2H3. The normalized spacial score (nSPS) is 10.9. The molecule has 4 nitrogen and oxygen atoms in total. The molecule has 0 aliphatic rings. The lowest BCUT2D eigenvalue weighted by molar-refractivity contribution is 0.0524. The van der Waals surface area contributed by atoms with Crippen molar-refractivity contribution in [3.05, 3.63) is 81.1 Å². The van der Waals surface area contributed by atoms with Gasteiger partial charge in [-0.1, -0.05) is 24.3 Å². The highest BCUT2D eigenvalue weighted by Crippen LogP contribution is 2.21. The number of carbonyl (C=O) groups is 1. The third kappa shape index (κ3) is 3.10. The molecule has 6 heteroatoms. The number of halogens is 2. The smallest absolute Gasteiger partial charge is 0.343 e. The van der Waals surface area contributed by atoms with Gasteiger partial charge in [0.15, 0.2) is 0 Å². The summed E-state index contributed by atoms with van der Waals surface area (Å²) in [6.45, 7) is 3.74.